The van der Waals surface area contributed by atoms with Crippen molar-refractivity contribution in [1.29, 1.82) is 5.26 Å². The number of hydrogen-bond donors (Lipinski definition) is 0. The van der Waals surface area contributed by atoms with Crippen molar-refractivity contribution >= 4 is 0 Å². The van der Waals surface area contributed by atoms with Crippen LogP contribution in [-0.2, 0) is 4.74 Å². The van der Waals surface area contributed by atoms with Crippen molar-refractivity contribution in [2.45, 2.75) is 58.5 Å². The minimum absolute atomic E-state index is 0.0603. The van der Waals surface area contributed by atoms with Gasteiger partial charge in [0.1, 0.15) is 0 Å². The average Bonchev–Trinajstić information content (AvgIpc) is 2.59. The van der Waals surface area contributed by atoms with Gasteiger partial charge in [0.05, 0.1) is 17.1 Å². The van der Waals surface area contributed by atoms with E-state index in [0.29, 0.717) is 0 Å². The summed E-state index contributed by atoms with van der Waals surface area (Å²) >= 11 is 0. The summed E-state index contributed by atoms with van der Waals surface area (Å²) in [7, 11) is 1.75. The van der Waals surface area contributed by atoms with Crippen molar-refractivity contribution in [3.05, 3.63) is 0 Å². The lowest BCUT2D eigenvalue weighted by Gasteiger charge is -2.28. The van der Waals surface area contributed by atoms with Crippen LogP contribution in [0.1, 0.15) is 52.9 Å². The van der Waals surface area contributed by atoms with Gasteiger partial charge in [-0.3, -0.25) is 0 Å². The molecule has 0 amide bonds. The van der Waals surface area contributed by atoms with E-state index in [1.807, 2.05) is 0 Å². The molecule has 1 rings (SSSR count). The van der Waals surface area contributed by atoms with Crippen molar-refractivity contribution in [3.63, 3.8) is 0 Å². The summed E-state index contributed by atoms with van der Waals surface area (Å²) < 4.78 is 5.40. The van der Waals surface area contributed by atoms with E-state index < -0.39 is 0 Å². The van der Waals surface area contributed by atoms with E-state index in [4.69, 9.17) is 4.74 Å². The molecule has 15 heavy (non-hydrogen) atoms. The highest BCUT2D eigenvalue weighted by Gasteiger charge is 2.38. The number of rotatable bonds is 4. The number of hydrogen-bond acceptors (Lipinski definition) is 2. The average molecular weight is 209 g/mol. The first-order valence-electron chi connectivity index (χ1n) is 5.89. The Morgan fingerprint density at radius 1 is 1.53 bits per heavy atom. The number of nitriles is 1. The molecule has 0 spiro atoms. The first-order chi connectivity index (χ1) is 6.93. The fourth-order valence-corrected chi connectivity index (χ4v) is 2.42. The van der Waals surface area contributed by atoms with E-state index in [0.717, 1.165) is 31.6 Å². The van der Waals surface area contributed by atoms with Crippen molar-refractivity contribution in [1.82, 2.24) is 0 Å². The van der Waals surface area contributed by atoms with Gasteiger partial charge in [-0.25, -0.2) is 0 Å². The van der Waals surface area contributed by atoms with Crippen molar-refractivity contribution in [3.8, 4) is 6.07 Å². The van der Waals surface area contributed by atoms with Crippen LogP contribution in [0.3, 0.4) is 0 Å². The topological polar surface area (TPSA) is 33.0 Å². The zero-order chi connectivity index (χ0) is 11.5. The second-order valence-corrected chi connectivity index (χ2v) is 5.70. The molecule has 0 aromatic carbocycles. The minimum atomic E-state index is -0.0876. The second-order valence-electron chi connectivity index (χ2n) is 5.70. The van der Waals surface area contributed by atoms with E-state index in [1.165, 1.54) is 6.42 Å². The molecular weight excluding hydrogens is 186 g/mol. The molecule has 1 fully saturated rings. The van der Waals surface area contributed by atoms with Gasteiger partial charge in [0.15, 0.2) is 0 Å². The fourth-order valence-electron chi connectivity index (χ4n) is 2.42. The Hall–Kier alpha value is -0.550. The SMILES string of the molecule is COC(C)(C)CCC1(C#N)CCC(C)C1. The zero-order valence-corrected chi connectivity index (χ0v) is 10.5. The molecule has 1 saturated carbocycles. The van der Waals surface area contributed by atoms with Crippen LogP contribution in [0, 0.1) is 22.7 Å². The molecule has 0 heterocycles. The van der Waals surface area contributed by atoms with Crippen LogP contribution in [0.25, 0.3) is 0 Å². The maximum absolute atomic E-state index is 9.31. The lowest BCUT2D eigenvalue weighted by Crippen LogP contribution is -2.26. The molecule has 86 valence electrons. The van der Waals surface area contributed by atoms with Crippen LogP contribution >= 0.6 is 0 Å². The summed E-state index contributed by atoms with van der Waals surface area (Å²) in [6.07, 6.45) is 5.31. The number of ether oxygens (including phenoxy) is 1. The predicted octanol–water partition coefficient (Wildman–Crippen LogP) is 3.52. The highest BCUT2D eigenvalue weighted by Crippen LogP contribution is 2.45. The van der Waals surface area contributed by atoms with Gasteiger partial charge in [0.2, 0.25) is 0 Å². The summed E-state index contributed by atoms with van der Waals surface area (Å²) in [5.74, 6) is 0.718. The first-order valence-corrected chi connectivity index (χ1v) is 5.89. The Morgan fingerprint density at radius 2 is 2.20 bits per heavy atom. The fraction of sp³-hybridized carbons (Fsp3) is 0.923. The van der Waals surface area contributed by atoms with Gasteiger partial charge in [-0.2, -0.15) is 5.26 Å². The molecule has 2 heteroatoms. The van der Waals surface area contributed by atoms with Crippen LogP contribution in [0.5, 0.6) is 0 Å². The van der Waals surface area contributed by atoms with Gasteiger partial charge in [-0.15, -0.1) is 0 Å². The zero-order valence-electron chi connectivity index (χ0n) is 10.5. The van der Waals surface area contributed by atoms with Gasteiger partial charge in [0.25, 0.3) is 0 Å². The largest absolute Gasteiger partial charge is 0.379 e. The molecular formula is C13H23NO. The molecule has 0 aromatic heterocycles. The monoisotopic (exact) mass is 209 g/mol. The van der Waals surface area contributed by atoms with Gasteiger partial charge in [-0.1, -0.05) is 6.92 Å². The Kier molecular flexibility index (Phi) is 3.78. The van der Waals surface area contributed by atoms with Gasteiger partial charge in [0, 0.05) is 7.11 Å². The maximum atomic E-state index is 9.31. The number of nitrogens with zero attached hydrogens (tertiary/aromatic N) is 1. The van der Waals surface area contributed by atoms with Crippen LogP contribution in [-0.4, -0.2) is 12.7 Å². The van der Waals surface area contributed by atoms with Crippen molar-refractivity contribution in [2.24, 2.45) is 11.3 Å². The van der Waals surface area contributed by atoms with Gasteiger partial charge >= 0.3 is 0 Å². The third-order valence-corrected chi connectivity index (χ3v) is 3.85. The summed E-state index contributed by atoms with van der Waals surface area (Å²) in [6, 6.07) is 2.55. The third-order valence-electron chi connectivity index (χ3n) is 3.85. The van der Waals surface area contributed by atoms with Crippen LogP contribution in [0.2, 0.25) is 0 Å². The Morgan fingerprint density at radius 3 is 2.60 bits per heavy atom. The smallest absolute Gasteiger partial charge is 0.0689 e. The van der Waals surface area contributed by atoms with Crippen LogP contribution in [0.4, 0.5) is 0 Å². The molecule has 2 unspecified atom stereocenters. The molecule has 2 atom stereocenters. The summed E-state index contributed by atoms with van der Waals surface area (Å²) in [5, 5.41) is 9.31. The molecule has 2 nitrogen and oxygen atoms in total. The van der Waals surface area contributed by atoms with E-state index in [9.17, 15) is 5.26 Å². The van der Waals surface area contributed by atoms with Crippen molar-refractivity contribution in [2.75, 3.05) is 7.11 Å². The van der Waals surface area contributed by atoms with Crippen LogP contribution in [0.15, 0.2) is 0 Å². The number of methoxy groups -OCH3 is 1. The van der Waals surface area contributed by atoms with Crippen LogP contribution < -0.4 is 0 Å². The lowest BCUT2D eigenvalue weighted by atomic mass is 9.80. The van der Waals surface area contributed by atoms with E-state index >= 15 is 0 Å². The summed E-state index contributed by atoms with van der Waals surface area (Å²) in [6.45, 7) is 6.44. The quantitative estimate of drug-likeness (QED) is 0.709. The Balaban J connectivity index is 2.53. The van der Waals surface area contributed by atoms with Crippen molar-refractivity contribution < 1.29 is 4.74 Å². The third kappa shape index (κ3) is 3.21. The Labute approximate surface area is 93.6 Å². The van der Waals surface area contributed by atoms with E-state index in [1.54, 1.807) is 7.11 Å². The van der Waals surface area contributed by atoms with Gasteiger partial charge in [-0.05, 0) is 51.9 Å². The van der Waals surface area contributed by atoms with E-state index in [2.05, 4.69) is 26.8 Å². The maximum Gasteiger partial charge on any atom is 0.0689 e. The van der Waals surface area contributed by atoms with E-state index in [-0.39, 0.29) is 11.0 Å². The molecule has 0 aromatic rings. The molecule has 0 N–H and O–H groups in total. The molecule has 1 aliphatic carbocycles. The summed E-state index contributed by atoms with van der Waals surface area (Å²) in [5.41, 5.74) is -0.148. The standard InChI is InChI=1S/C13H23NO/c1-11-5-6-13(9-11,10-14)8-7-12(2,3)15-4/h11H,5-9H2,1-4H3. The second kappa shape index (κ2) is 4.53. The molecule has 1 aliphatic rings. The molecule has 0 saturated heterocycles. The summed E-state index contributed by atoms with van der Waals surface area (Å²) in [4.78, 5) is 0. The Bertz CT molecular complexity index is 254. The first kappa shape index (κ1) is 12.5. The van der Waals surface area contributed by atoms with Gasteiger partial charge < -0.3 is 4.74 Å². The molecule has 0 radical (unpaired) electrons. The normalized spacial score (nSPS) is 31.5. The minimum Gasteiger partial charge on any atom is -0.379 e. The molecule has 0 bridgehead atoms. The highest BCUT2D eigenvalue weighted by molar-refractivity contribution is 5.04. The predicted molar refractivity (Wildman–Crippen MR) is 61.4 cm³/mol. The highest BCUT2D eigenvalue weighted by atomic mass is 16.5. The lowest BCUT2D eigenvalue weighted by molar-refractivity contribution is 0.00724. The molecule has 0 aliphatic heterocycles.